The highest BCUT2D eigenvalue weighted by atomic mass is 79.9. The number of hydrogen-bond donors (Lipinski definition) is 2. The van der Waals surface area contributed by atoms with Crippen LogP contribution in [0, 0.1) is 0 Å². The molecule has 4 rings (SSSR count). The number of nitrogens with one attached hydrogen (secondary N) is 2. The number of rotatable bonds is 7. The highest BCUT2D eigenvalue weighted by Gasteiger charge is 2.15. The standard InChI is InChI=1S/C24H19BrN2O5/c1-30-21-13-17(26-23(28)14-31-18-9-6-16(25)7-10-18)8-11-19(21)27-24(29)22-12-15-4-2-3-5-20(15)32-22/h2-13H,14H2,1H3,(H,26,28)(H,27,29). The van der Waals surface area contributed by atoms with Crippen molar-refractivity contribution in [2.45, 2.75) is 0 Å². The van der Waals surface area contributed by atoms with Gasteiger partial charge >= 0.3 is 0 Å². The number of para-hydroxylation sites is 1. The summed E-state index contributed by atoms with van der Waals surface area (Å²) >= 11 is 3.35. The van der Waals surface area contributed by atoms with E-state index in [9.17, 15) is 9.59 Å². The lowest BCUT2D eigenvalue weighted by Crippen LogP contribution is -2.20. The van der Waals surface area contributed by atoms with Crippen molar-refractivity contribution in [1.82, 2.24) is 0 Å². The molecule has 3 aromatic carbocycles. The molecule has 0 bridgehead atoms. The molecule has 1 heterocycles. The summed E-state index contributed by atoms with van der Waals surface area (Å²) in [6, 6.07) is 21.2. The van der Waals surface area contributed by atoms with Crippen molar-refractivity contribution in [3.05, 3.63) is 83.0 Å². The van der Waals surface area contributed by atoms with Gasteiger partial charge in [0.15, 0.2) is 12.4 Å². The number of furan rings is 1. The van der Waals surface area contributed by atoms with Crippen molar-refractivity contribution in [3.8, 4) is 11.5 Å². The van der Waals surface area contributed by atoms with Gasteiger partial charge in [0, 0.05) is 21.6 Å². The third-order valence-corrected chi connectivity index (χ3v) is 5.10. The van der Waals surface area contributed by atoms with Crippen molar-refractivity contribution in [2.75, 3.05) is 24.4 Å². The number of carbonyl (C=O) groups is 2. The average molecular weight is 495 g/mol. The minimum absolute atomic E-state index is 0.144. The molecule has 4 aromatic rings. The predicted molar refractivity (Wildman–Crippen MR) is 125 cm³/mol. The van der Waals surface area contributed by atoms with Crippen molar-refractivity contribution in [1.29, 1.82) is 0 Å². The molecule has 0 saturated carbocycles. The Bertz CT molecular complexity index is 1230. The van der Waals surface area contributed by atoms with E-state index in [0.717, 1.165) is 9.86 Å². The van der Waals surface area contributed by atoms with Gasteiger partial charge in [-0.25, -0.2) is 0 Å². The van der Waals surface area contributed by atoms with Crippen molar-refractivity contribution < 1.29 is 23.5 Å². The number of hydrogen-bond acceptors (Lipinski definition) is 5. The van der Waals surface area contributed by atoms with Crippen molar-refractivity contribution in [2.24, 2.45) is 0 Å². The number of benzene rings is 3. The number of halogens is 1. The van der Waals surface area contributed by atoms with Crippen LogP contribution in [0.4, 0.5) is 11.4 Å². The number of fused-ring (bicyclic) bond motifs is 1. The fourth-order valence-corrected chi connectivity index (χ4v) is 3.29. The maximum atomic E-state index is 12.6. The Morgan fingerprint density at radius 2 is 1.75 bits per heavy atom. The summed E-state index contributed by atoms with van der Waals surface area (Å²) in [7, 11) is 1.48. The summed E-state index contributed by atoms with van der Waals surface area (Å²) in [5.74, 6) is 0.439. The fourth-order valence-electron chi connectivity index (χ4n) is 3.03. The van der Waals surface area contributed by atoms with E-state index in [-0.39, 0.29) is 18.3 Å². The second-order valence-electron chi connectivity index (χ2n) is 6.81. The maximum absolute atomic E-state index is 12.6. The highest BCUT2D eigenvalue weighted by molar-refractivity contribution is 9.10. The van der Waals surface area contributed by atoms with E-state index in [4.69, 9.17) is 13.9 Å². The Kier molecular flexibility index (Phi) is 6.42. The summed E-state index contributed by atoms with van der Waals surface area (Å²) in [4.78, 5) is 24.8. The number of ether oxygens (including phenoxy) is 2. The Balaban J connectivity index is 1.40. The minimum Gasteiger partial charge on any atom is -0.494 e. The predicted octanol–water partition coefficient (Wildman–Crippen LogP) is 5.47. The van der Waals surface area contributed by atoms with Crippen LogP contribution in [0.2, 0.25) is 0 Å². The molecule has 1 aromatic heterocycles. The molecule has 2 N–H and O–H groups in total. The average Bonchev–Trinajstić information content (AvgIpc) is 3.24. The number of carbonyl (C=O) groups excluding carboxylic acids is 2. The van der Waals surface area contributed by atoms with Gasteiger partial charge in [0.2, 0.25) is 0 Å². The molecule has 0 saturated heterocycles. The van der Waals surface area contributed by atoms with Crippen LogP contribution in [0.15, 0.2) is 81.7 Å². The third kappa shape index (κ3) is 5.09. The lowest BCUT2D eigenvalue weighted by atomic mass is 10.2. The van der Waals surface area contributed by atoms with E-state index in [1.165, 1.54) is 7.11 Å². The Labute approximate surface area is 192 Å². The number of amides is 2. The second-order valence-corrected chi connectivity index (χ2v) is 7.72. The molecular formula is C24H19BrN2O5. The minimum atomic E-state index is -0.404. The first-order valence-corrected chi connectivity index (χ1v) is 10.5. The molecule has 0 unspecified atom stereocenters. The number of anilines is 2. The van der Waals surface area contributed by atoms with E-state index < -0.39 is 5.91 Å². The maximum Gasteiger partial charge on any atom is 0.291 e. The quantitative estimate of drug-likeness (QED) is 0.355. The van der Waals surface area contributed by atoms with Gasteiger partial charge in [0.25, 0.3) is 11.8 Å². The number of methoxy groups -OCH3 is 1. The first-order chi connectivity index (χ1) is 15.5. The molecule has 0 aliphatic heterocycles. The van der Waals surface area contributed by atoms with Crippen LogP contribution in [0.25, 0.3) is 11.0 Å². The summed E-state index contributed by atoms with van der Waals surface area (Å²) in [5.41, 5.74) is 1.59. The molecular weight excluding hydrogens is 476 g/mol. The van der Waals surface area contributed by atoms with E-state index in [1.54, 1.807) is 42.5 Å². The second kappa shape index (κ2) is 9.57. The lowest BCUT2D eigenvalue weighted by Gasteiger charge is -2.12. The van der Waals surface area contributed by atoms with Gasteiger partial charge in [-0.15, -0.1) is 0 Å². The van der Waals surface area contributed by atoms with Crippen LogP contribution in [-0.2, 0) is 4.79 Å². The zero-order valence-electron chi connectivity index (χ0n) is 17.1. The SMILES string of the molecule is COc1cc(NC(=O)COc2ccc(Br)cc2)ccc1NC(=O)c1cc2ccccc2o1. The first-order valence-electron chi connectivity index (χ1n) is 9.68. The zero-order valence-corrected chi connectivity index (χ0v) is 18.6. The molecule has 2 amide bonds. The van der Waals surface area contributed by atoms with Crippen LogP contribution < -0.4 is 20.1 Å². The summed E-state index contributed by atoms with van der Waals surface area (Å²) < 4.78 is 17.4. The van der Waals surface area contributed by atoms with Crippen LogP contribution in [0.5, 0.6) is 11.5 Å². The van der Waals surface area contributed by atoms with Gasteiger partial charge < -0.3 is 24.5 Å². The van der Waals surface area contributed by atoms with Crippen molar-refractivity contribution in [3.63, 3.8) is 0 Å². The van der Waals surface area contributed by atoms with E-state index >= 15 is 0 Å². The van der Waals surface area contributed by atoms with Crippen LogP contribution in [-0.4, -0.2) is 25.5 Å². The van der Waals surface area contributed by atoms with Gasteiger partial charge in [0.1, 0.15) is 17.1 Å². The van der Waals surface area contributed by atoms with Gasteiger partial charge in [-0.3, -0.25) is 9.59 Å². The first kappa shape index (κ1) is 21.5. The molecule has 0 atom stereocenters. The highest BCUT2D eigenvalue weighted by Crippen LogP contribution is 2.29. The van der Waals surface area contributed by atoms with Gasteiger partial charge in [-0.05, 0) is 48.5 Å². The zero-order chi connectivity index (χ0) is 22.5. The lowest BCUT2D eigenvalue weighted by molar-refractivity contribution is -0.118. The smallest absolute Gasteiger partial charge is 0.291 e. The van der Waals surface area contributed by atoms with Crippen molar-refractivity contribution >= 4 is 50.1 Å². The van der Waals surface area contributed by atoms with Crippen LogP contribution >= 0.6 is 15.9 Å². The Hall–Kier alpha value is -3.78. The van der Waals surface area contributed by atoms with Crippen LogP contribution in [0.1, 0.15) is 10.6 Å². The summed E-state index contributed by atoms with van der Waals surface area (Å²) in [6.45, 7) is -0.144. The van der Waals surface area contributed by atoms with Crippen LogP contribution in [0.3, 0.4) is 0 Å². The Morgan fingerprint density at radius 1 is 0.969 bits per heavy atom. The molecule has 32 heavy (non-hydrogen) atoms. The van der Waals surface area contributed by atoms with Gasteiger partial charge in [-0.1, -0.05) is 34.1 Å². The Morgan fingerprint density at radius 3 is 2.50 bits per heavy atom. The molecule has 0 spiro atoms. The molecule has 0 fully saturated rings. The van der Waals surface area contributed by atoms with E-state index in [0.29, 0.717) is 28.5 Å². The molecule has 162 valence electrons. The third-order valence-electron chi connectivity index (χ3n) is 4.57. The molecule has 0 radical (unpaired) electrons. The normalized spacial score (nSPS) is 10.6. The summed E-state index contributed by atoms with van der Waals surface area (Å²) in [6.07, 6.45) is 0. The molecule has 0 aliphatic carbocycles. The van der Waals surface area contributed by atoms with Gasteiger partial charge in [-0.2, -0.15) is 0 Å². The van der Waals surface area contributed by atoms with Gasteiger partial charge in [0.05, 0.1) is 12.8 Å². The molecule has 0 aliphatic rings. The topological polar surface area (TPSA) is 89.8 Å². The van der Waals surface area contributed by atoms with E-state index in [2.05, 4.69) is 26.6 Å². The summed E-state index contributed by atoms with van der Waals surface area (Å²) in [5, 5.41) is 6.36. The fraction of sp³-hybridized carbons (Fsp3) is 0.0833. The monoisotopic (exact) mass is 494 g/mol. The largest absolute Gasteiger partial charge is 0.494 e. The molecule has 8 heteroatoms. The van der Waals surface area contributed by atoms with E-state index in [1.807, 2.05) is 30.3 Å². The molecule has 7 nitrogen and oxygen atoms in total.